The molecule has 4 aromatic rings. The van der Waals surface area contributed by atoms with Crippen LogP contribution < -0.4 is 24.8 Å². The fourth-order valence-electron chi connectivity index (χ4n) is 7.61. The van der Waals surface area contributed by atoms with E-state index in [4.69, 9.17) is 0 Å². The number of halogens is 2. The van der Waals surface area contributed by atoms with Crippen molar-refractivity contribution in [1.82, 2.24) is 0 Å². The SMILES string of the molecule is CC1=C2c3c(-c4ccc(C)cc4)cccc3[CH]1[Zr+2][CH]1C(C)=C(c3c(-c4ccc(C)cc4)cccc31)[Si]2(C)C.[Cl-].[Cl-]. The molecule has 0 spiro atoms. The van der Waals surface area contributed by atoms with Crippen molar-refractivity contribution in [1.29, 1.82) is 0 Å². The Morgan fingerprint density at radius 2 is 0.900 bits per heavy atom. The molecule has 3 aliphatic rings. The van der Waals surface area contributed by atoms with Gasteiger partial charge in [0.2, 0.25) is 0 Å². The van der Waals surface area contributed by atoms with Gasteiger partial charge in [-0.05, 0) is 0 Å². The average molecular weight is 657 g/mol. The van der Waals surface area contributed by atoms with Gasteiger partial charge in [-0.25, -0.2) is 0 Å². The van der Waals surface area contributed by atoms with Crippen molar-refractivity contribution < 1.29 is 48.0 Å². The Morgan fingerprint density at radius 1 is 0.525 bits per heavy atom. The predicted molar refractivity (Wildman–Crippen MR) is 161 cm³/mol. The van der Waals surface area contributed by atoms with Gasteiger partial charge >= 0.3 is 241 Å². The number of aryl methyl sites for hydroxylation is 2. The molecule has 0 nitrogen and oxygen atoms in total. The second-order valence-electron chi connectivity index (χ2n) is 12.0. The molecule has 4 heteroatoms. The zero-order valence-corrected chi connectivity index (χ0v) is 29.0. The molecule has 2 aliphatic carbocycles. The largest absolute Gasteiger partial charge is 1.00 e. The molecule has 2 atom stereocenters. The van der Waals surface area contributed by atoms with Crippen molar-refractivity contribution in [2.75, 3.05) is 0 Å². The van der Waals surface area contributed by atoms with Crippen molar-refractivity contribution in [3.63, 3.8) is 0 Å². The molecule has 0 amide bonds. The maximum atomic E-state index is 2.65. The second kappa shape index (κ2) is 10.7. The van der Waals surface area contributed by atoms with Crippen molar-refractivity contribution in [3.05, 3.63) is 129 Å². The van der Waals surface area contributed by atoms with E-state index in [0.717, 1.165) is 0 Å². The minimum atomic E-state index is -2.04. The van der Waals surface area contributed by atoms with Gasteiger partial charge in [0.1, 0.15) is 0 Å². The summed E-state index contributed by atoms with van der Waals surface area (Å²) < 4.78 is 1.33. The predicted octanol–water partition coefficient (Wildman–Crippen LogP) is 3.88. The topological polar surface area (TPSA) is 0 Å². The minimum absolute atomic E-state index is 0. The fraction of sp³-hybridized carbons (Fsp3) is 0.222. The number of rotatable bonds is 2. The molecular weight excluding hydrogens is 623 g/mol. The Balaban J connectivity index is 0.00000161. The van der Waals surface area contributed by atoms with Crippen LogP contribution in [0.4, 0.5) is 0 Å². The minimum Gasteiger partial charge on any atom is -1.00 e. The van der Waals surface area contributed by atoms with E-state index < -0.39 is 31.3 Å². The van der Waals surface area contributed by atoms with E-state index >= 15 is 0 Å². The molecule has 0 fully saturated rings. The molecular formula is C36H34Cl2SiZr. The number of allylic oxidation sites excluding steroid dienone is 2. The Hall–Kier alpha value is -1.96. The van der Waals surface area contributed by atoms with Gasteiger partial charge in [-0.3, -0.25) is 0 Å². The van der Waals surface area contributed by atoms with Crippen LogP contribution in [0.3, 0.4) is 0 Å². The molecule has 7 rings (SSSR count). The first-order valence-corrected chi connectivity index (χ1v) is 19.7. The number of fused-ring (bicyclic) bond motifs is 8. The molecule has 4 bridgehead atoms. The summed E-state index contributed by atoms with van der Waals surface area (Å²) in [4.78, 5) is 0. The quantitative estimate of drug-likeness (QED) is 0.288. The van der Waals surface area contributed by atoms with Gasteiger partial charge in [0, 0.05) is 0 Å². The summed E-state index contributed by atoms with van der Waals surface area (Å²) in [7, 11) is -2.04. The molecule has 0 aromatic heterocycles. The summed E-state index contributed by atoms with van der Waals surface area (Å²) in [6, 6.07) is 32.8. The van der Waals surface area contributed by atoms with Crippen LogP contribution in [0.2, 0.25) is 13.1 Å². The van der Waals surface area contributed by atoms with Crippen molar-refractivity contribution in [2.45, 2.75) is 48.0 Å². The van der Waals surface area contributed by atoms with Crippen LogP contribution in [0.25, 0.3) is 32.6 Å². The van der Waals surface area contributed by atoms with Crippen molar-refractivity contribution in [3.8, 4) is 22.3 Å². The summed E-state index contributed by atoms with van der Waals surface area (Å²) in [6.07, 6.45) is 0. The Kier molecular flexibility index (Phi) is 7.90. The van der Waals surface area contributed by atoms with Gasteiger partial charge in [0.25, 0.3) is 0 Å². The van der Waals surface area contributed by atoms with Gasteiger partial charge in [-0.2, -0.15) is 0 Å². The number of hydrogen-bond acceptors (Lipinski definition) is 0. The zero-order valence-electron chi connectivity index (χ0n) is 24.0. The van der Waals surface area contributed by atoms with E-state index in [-0.39, 0.29) is 24.8 Å². The maximum absolute atomic E-state index is 2.65. The summed E-state index contributed by atoms with van der Waals surface area (Å²) >= 11 is -0.869. The normalized spacial score (nSPS) is 19.4. The van der Waals surface area contributed by atoms with E-state index in [1.165, 1.54) is 33.4 Å². The van der Waals surface area contributed by atoms with Crippen LogP contribution in [0.5, 0.6) is 0 Å². The number of hydrogen-bond donors (Lipinski definition) is 0. The third-order valence-electron chi connectivity index (χ3n) is 9.28. The fourth-order valence-corrected chi connectivity index (χ4v) is 17.5. The molecule has 2 unspecified atom stereocenters. The summed E-state index contributed by atoms with van der Waals surface area (Å²) in [5.41, 5.74) is 18.2. The first-order chi connectivity index (χ1) is 18.3. The zero-order chi connectivity index (χ0) is 26.3. The van der Waals surface area contributed by atoms with E-state index in [2.05, 4.69) is 126 Å². The van der Waals surface area contributed by atoms with Gasteiger partial charge in [-0.15, -0.1) is 0 Å². The van der Waals surface area contributed by atoms with Crippen LogP contribution in [0, 0.1) is 13.8 Å². The van der Waals surface area contributed by atoms with E-state index in [9.17, 15) is 0 Å². The van der Waals surface area contributed by atoms with Crippen molar-refractivity contribution in [2.24, 2.45) is 0 Å². The number of benzene rings is 4. The molecule has 0 radical (unpaired) electrons. The van der Waals surface area contributed by atoms with E-state index in [1.54, 1.807) is 43.8 Å². The Morgan fingerprint density at radius 3 is 1.27 bits per heavy atom. The Labute approximate surface area is 264 Å². The molecule has 0 N–H and O–H groups in total. The van der Waals surface area contributed by atoms with E-state index in [1.807, 2.05) is 0 Å². The third kappa shape index (κ3) is 4.25. The van der Waals surface area contributed by atoms with Crippen molar-refractivity contribution >= 4 is 18.5 Å². The monoisotopic (exact) mass is 654 g/mol. The smallest absolute Gasteiger partial charge is 1.00 e. The average Bonchev–Trinajstić information content (AvgIpc) is 3.37. The summed E-state index contributed by atoms with van der Waals surface area (Å²) in [5.74, 6) is 0. The van der Waals surface area contributed by atoms with Crippen LogP contribution in [0.15, 0.2) is 96.1 Å². The molecule has 1 aliphatic heterocycles. The van der Waals surface area contributed by atoms with Crippen LogP contribution >= 0.6 is 0 Å². The third-order valence-corrected chi connectivity index (χ3v) is 18.4. The molecule has 200 valence electrons. The van der Waals surface area contributed by atoms with Crippen LogP contribution in [0.1, 0.15) is 54.5 Å². The van der Waals surface area contributed by atoms with Crippen LogP contribution in [-0.4, -0.2) is 8.07 Å². The first-order valence-electron chi connectivity index (χ1n) is 13.9. The molecule has 4 aromatic carbocycles. The molecule has 1 heterocycles. The van der Waals surface area contributed by atoms with Gasteiger partial charge < -0.3 is 24.8 Å². The van der Waals surface area contributed by atoms with Gasteiger partial charge in [0.15, 0.2) is 0 Å². The van der Waals surface area contributed by atoms with Gasteiger partial charge in [0.05, 0.1) is 0 Å². The standard InChI is InChI=1S/C36H34Si.2ClH.Zr/c1-23-13-17-27(18-14-23)31-11-7-9-29-21-25(3)35(33(29)31)37(5,6)36-26(4)22-30-10-8-12-32(34(30)36)28-19-15-24(2)16-20-28;;;/h7-22H,1-6H3;2*1H;/q;;;+2/p-2. The maximum Gasteiger partial charge on any atom is -1.00 e. The van der Waals surface area contributed by atoms with E-state index in [0.29, 0.717) is 7.25 Å². The van der Waals surface area contributed by atoms with Gasteiger partial charge in [-0.1, -0.05) is 0 Å². The molecule has 40 heavy (non-hydrogen) atoms. The molecule has 0 saturated heterocycles. The van der Waals surface area contributed by atoms with Crippen LogP contribution in [-0.2, 0) is 23.2 Å². The molecule has 0 saturated carbocycles. The summed E-state index contributed by atoms with van der Waals surface area (Å²) in [6.45, 7) is 14.7. The summed E-state index contributed by atoms with van der Waals surface area (Å²) in [5, 5.41) is 3.46. The second-order valence-corrected chi connectivity index (χ2v) is 20.0. The first kappa shape index (κ1) is 29.5. The Bertz CT molecular complexity index is 1570.